The van der Waals surface area contributed by atoms with Gasteiger partial charge in [0.2, 0.25) is 5.88 Å². The molecule has 1 aromatic rings. The standard InChI is InChI=1S/C10H14N2O2/c1-6(5-7(2)13)11-10-8(3)9(4)12-14-10/h5,11H,1-4H3/b6-5-. The quantitative estimate of drug-likeness (QED) is 0.749. The Bertz CT molecular complexity index is 377. The average molecular weight is 194 g/mol. The molecular formula is C10H14N2O2. The van der Waals surface area contributed by atoms with Crippen LogP contribution < -0.4 is 5.32 Å². The van der Waals surface area contributed by atoms with Crippen molar-refractivity contribution < 1.29 is 9.32 Å². The number of nitrogens with one attached hydrogen (secondary N) is 1. The van der Waals surface area contributed by atoms with E-state index in [-0.39, 0.29) is 5.78 Å². The topological polar surface area (TPSA) is 55.1 Å². The molecule has 1 N–H and O–H groups in total. The first kappa shape index (κ1) is 10.5. The molecule has 0 aliphatic heterocycles. The summed E-state index contributed by atoms with van der Waals surface area (Å²) in [7, 11) is 0. The van der Waals surface area contributed by atoms with Crippen molar-refractivity contribution >= 4 is 11.7 Å². The molecule has 1 heterocycles. The van der Waals surface area contributed by atoms with Crippen LogP contribution in [0.1, 0.15) is 25.1 Å². The van der Waals surface area contributed by atoms with Crippen LogP contribution in [0.3, 0.4) is 0 Å². The number of aromatic nitrogens is 1. The first-order valence-corrected chi connectivity index (χ1v) is 4.39. The Hall–Kier alpha value is -1.58. The van der Waals surface area contributed by atoms with Gasteiger partial charge in [-0.05, 0) is 33.8 Å². The number of nitrogens with zero attached hydrogens (tertiary/aromatic N) is 1. The zero-order chi connectivity index (χ0) is 10.7. The van der Waals surface area contributed by atoms with Crippen molar-refractivity contribution in [1.82, 2.24) is 5.16 Å². The van der Waals surface area contributed by atoms with Crippen molar-refractivity contribution in [2.45, 2.75) is 27.7 Å². The molecule has 0 aliphatic carbocycles. The second-order valence-corrected chi connectivity index (χ2v) is 3.29. The average Bonchev–Trinajstić information content (AvgIpc) is 2.34. The van der Waals surface area contributed by atoms with Gasteiger partial charge in [-0.3, -0.25) is 4.79 Å². The fourth-order valence-corrected chi connectivity index (χ4v) is 1.05. The Labute approximate surface area is 83.0 Å². The highest BCUT2D eigenvalue weighted by Gasteiger charge is 2.07. The highest BCUT2D eigenvalue weighted by Crippen LogP contribution is 2.18. The van der Waals surface area contributed by atoms with Crippen LogP contribution in [0, 0.1) is 13.8 Å². The Morgan fingerprint density at radius 3 is 2.50 bits per heavy atom. The molecule has 0 bridgehead atoms. The van der Waals surface area contributed by atoms with Gasteiger partial charge in [0.25, 0.3) is 0 Å². The maximum Gasteiger partial charge on any atom is 0.231 e. The van der Waals surface area contributed by atoms with Crippen molar-refractivity contribution in [1.29, 1.82) is 0 Å². The molecule has 4 nitrogen and oxygen atoms in total. The highest BCUT2D eigenvalue weighted by molar-refractivity contribution is 5.88. The second-order valence-electron chi connectivity index (χ2n) is 3.29. The predicted octanol–water partition coefficient (Wildman–Crippen LogP) is 2.20. The van der Waals surface area contributed by atoms with E-state index in [0.29, 0.717) is 5.88 Å². The van der Waals surface area contributed by atoms with E-state index >= 15 is 0 Å². The first-order valence-electron chi connectivity index (χ1n) is 4.39. The summed E-state index contributed by atoms with van der Waals surface area (Å²) in [4.78, 5) is 10.8. The molecule has 14 heavy (non-hydrogen) atoms. The van der Waals surface area contributed by atoms with Crippen molar-refractivity contribution in [2.75, 3.05) is 5.32 Å². The van der Waals surface area contributed by atoms with Gasteiger partial charge in [-0.25, -0.2) is 0 Å². The van der Waals surface area contributed by atoms with Gasteiger partial charge < -0.3 is 9.84 Å². The maximum absolute atomic E-state index is 10.8. The van der Waals surface area contributed by atoms with Crippen LogP contribution in [0.15, 0.2) is 16.3 Å². The Morgan fingerprint density at radius 2 is 2.07 bits per heavy atom. The Kier molecular flexibility index (Phi) is 3.06. The fourth-order valence-electron chi connectivity index (χ4n) is 1.05. The Balaban J connectivity index is 2.79. The summed E-state index contributed by atoms with van der Waals surface area (Å²) in [5.74, 6) is 0.599. The normalized spacial score (nSPS) is 11.6. The first-order chi connectivity index (χ1) is 6.50. The van der Waals surface area contributed by atoms with Crippen LogP contribution in [-0.4, -0.2) is 10.9 Å². The zero-order valence-corrected chi connectivity index (χ0v) is 8.84. The van der Waals surface area contributed by atoms with Crippen LogP contribution >= 0.6 is 0 Å². The number of anilines is 1. The lowest BCUT2D eigenvalue weighted by molar-refractivity contribution is -0.112. The predicted molar refractivity (Wildman–Crippen MR) is 54.0 cm³/mol. The van der Waals surface area contributed by atoms with Gasteiger partial charge in [-0.1, -0.05) is 5.16 Å². The van der Waals surface area contributed by atoms with E-state index in [1.54, 1.807) is 6.92 Å². The number of ketones is 1. The molecule has 4 heteroatoms. The SMILES string of the molecule is CC(=O)/C=C(/C)Nc1onc(C)c1C. The van der Waals surface area contributed by atoms with E-state index in [9.17, 15) is 4.79 Å². The third kappa shape index (κ3) is 2.45. The minimum Gasteiger partial charge on any atom is -0.338 e. The van der Waals surface area contributed by atoms with E-state index in [1.807, 2.05) is 13.8 Å². The molecular weight excluding hydrogens is 180 g/mol. The molecule has 0 spiro atoms. The van der Waals surface area contributed by atoms with Gasteiger partial charge in [0, 0.05) is 11.3 Å². The van der Waals surface area contributed by atoms with E-state index < -0.39 is 0 Å². The van der Waals surface area contributed by atoms with Crippen LogP contribution in [0.25, 0.3) is 0 Å². The van der Waals surface area contributed by atoms with Gasteiger partial charge in [-0.2, -0.15) is 0 Å². The lowest BCUT2D eigenvalue weighted by Gasteiger charge is -2.01. The minimum absolute atomic E-state index is 0.00360. The number of rotatable bonds is 3. The minimum atomic E-state index is 0.00360. The Morgan fingerprint density at radius 1 is 1.43 bits per heavy atom. The van der Waals surface area contributed by atoms with Crippen molar-refractivity contribution in [2.24, 2.45) is 0 Å². The molecule has 0 atom stereocenters. The number of hydrogen-bond acceptors (Lipinski definition) is 4. The molecule has 0 aliphatic rings. The summed E-state index contributed by atoms with van der Waals surface area (Å²) < 4.78 is 5.03. The molecule has 1 rings (SSSR count). The van der Waals surface area contributed by atoms with Gasteiger partial charge >= 0.3 is 0 Å². The number of carbonyl (C=O) groups is 1. The van der Waals surface area contributed by atoms with Gasteiger partial charge in [0.15, 0.2) is 5.78 Å². The van der Waals surface area contributed by atoms with Gasteiger partial charge in [0.05, 0.1) is 5.69 Å². The second kappa shape index (κ2) is 4.09. The smallest absolute Gasteiger partial charge is 0.231 e. The number of carbonyl (C=O) groups excluding carboxylic acids is 1. The zero-order valence-electron chi connectivity index (χ0n) is 8.84. The molecule has 0 amide bonds. The third-order valence-electron chi connectivity index (χ3n) is 1.89. The molecule has 0 fully saturated rings. The monoisotopic (exact) mass is 194 g/mol. The molecule has 0 saturated heterocycles. The van der Waals surface area contributed by atoms with E-state index in [4.69, 9.17) is 4.52 Å². The summed E-state index contributed by atoms with van der Waals surface area (Å²) in [5, 5.41) is 6.77. The summed E-state index contributed by atoms with van der Waals surface area (Å²) >= 11 is 0. The van der Waals surface area contributed by atoms with Crippen molar-refractivity contribution in [3.8, 4) is 0 Å². The molecule has 0 saturated carbocycles. The maximum atomic E-state index is 10.8. The summed E-state index contributed by atoms with van der Waals surface area (Å²) in [6, 6.07) is 0. The number of allylic oxidation sites excluding steroid dienone is 2. The van der Waals surface area contributed by atoms with Crippen LogP contribution in [0.4, 0.5) is 5.88 Å². The lowest BCUT2D eigenvalue weighted by atomic mass is 10.2. The van der Waals surface area contributed by atoms with Crippen molar-refractivity contribution in [3.63, 3.8) is 0 Å². The van der Waals surface area contributed by atoms with Crippen LogP contribution in [0.5, 0.6) is 0 Å². The molecule has 0 aromatic carbocycles. The van der Waals surface area contributed by atoms with Crippen LogP contribution in [0.2, 0.25) is 0 Å². The lowest BCUT2D eigenvalue weighted by Crippen LogP contribution is -1.98. The van der Waals surface area contributed by atoms with Gasteiger partial charge in [-0.15, -0.1) is 0 Å². The van der Waals surface area contributed by atoms with E-state index in [2.05, 4.69) is 10.5 Å². The fraction of sp³-hybridized carbons (Fsp3) is 0.400. The summed E-state index contributed by atoms with van der Waals surface area (Å²) in [5.41, 5.74) is 2.56. The molecule has 76 valence electrons. The molecule has 0 radical (unpaired) electrons. The van der Waals surface area contributed by atoms with Crippen molar-refractivity contribution in [3.05, 3.63) is 23.0 Å². The molecule has 1 aromatic heterocycles. The summed E-state index contributed by atoms with van der Waals surface area (Å²) in [6.45, 7) is 7.09. The number of hydrogen-bond donors (Lipinski definition) is 1. The van der Waals surface area contributed by atoms with E-state index in [0.717, 1.165) is 17.0 Å². The summed E-state index contributed by atoms with van der Waals surface area (Å²) in [6.07, 6.45) is 1.51. The van der Waals surface area contributed by atoms with Crippen LogP contribution in [-0.2, 0) is 4.79 Å². The number of aryl methyl sites for hydroxylation is 1. The largest absolute Gasteiger partial charge is 0.338 e. The molecule has 0 unspecified atom stereocenters. The third-order valence-corrected chi connectivity index (χ3v) is 1.89. The highest BCUT2D eigenvalue weighted by atomic mass is 16.5. The van der Waals surface area contributed by atoms with Gasteiger partial charge in [0.1, 0.15) is 0 Å². The van der Waals surface area contributed by atoms with E-state index in [1.165, 1.54) is 13.0 Å².